The molecule has 2 heterocycles. The smallest absolute Gasteiger partial charge is 0.224 e. The van der Waals surface area contributed by atoms with Crippen LogP contribution in [0.1, 0.15) is 17.3 Å². The number of rotatable bonds is 2. The van der Waals surface area contributed by atoms with Crippen molar-refractivity contribution in [2.45, 2.75) is 11.1 Å². The maximum atomic E-state index is 5.71. The number of nitrogens with zero attached hydrogens (tertiary/aromatic N) is 3. The van der Waals surface area contributed by atoms with Gasteiger partial charge in [0.2, 0.25) is 5.95 Å². The molecule has 0 saturated heterocycles. The highest BCUT2D eigenvalue weighted by molar-refractivity contribution is 7.98. The molecule has 2 aromatic rings. The van der Waals surface area contributed by atoms with Gasteiger partial charge in [0.15, 0.2) is 5.16 Å². The molecule has 0 saturated carbocycles. The molecule has 1 aromatic heterocycles. The zero-order chi connectivity index (χ0) is 12.5. The summed E-state index contributed by atoms with van der Waals surface area (Å²) in [6, 6.07) is 7.93. The third-order valence-corrected chi connectivity index (χ3v) is 3.39. The van der Waals surface area contributed by atoms with E-state index in [1.807, 2.05) is 30.5 Å². The summed E-state index contributed by atoms with van der Waals surface area (Å²) in [5.74, 6) is 1.87. The molecule has 1 atom stereocenters. The molecule has 18 heavy (non-hydrogen) atoms. The summed E-state index contributed by atoms with van der Waals surface area (Å²) in [6.07, 6.45) is 1.91. The molecule has 1 unspecified atom stereocenters. The van der Waals surface area contributed by atoms with Crippen molar-refractivity contribution in [3.8, 4) is 5.75 Å². The Bertz CT molecular complexity index is 590. The lowest BCUT2D eigenvalue weighted by Gasteiger charge is -2.08. The Morgan fingerprint density at radius 2 is 2.11 bits per heavy atom. The second-order valence-corrected chi connectivity index (χ2v) is 4.71. The Labute approximate surface area is 109 Å². The fourth-order valence-corrected chi connectivity index (χ4v) is 2.38. The normalized spacial score (nSPS) is 17.3. The molecule has 6 heteroatoms. The van der Waals surface area contributed by atoms with E-state index in [0.717, 1.165) is 11.3 Å². The maximum absolute atomic E-state index is 5.71. The first-order chi connectivity index (χ1) is 8.78. The quantitative estimate of drug-likeness (QED) is 0.828. The van der Waals surface area contributed by atoms with Crippen LogP contribution in [0.5, 0.6) is 5.75 Å². The fourth-order valence-electron chi connectivity index (χ4n) is 2.01. The molecular weight excluding hydrogens is 248 g/mol. The second kappa shape index (κ2) is 4.45. The van der Waals surface area contributed by atoms with Gasteiger partial charge in [0.25, 0.3) is 0 Å². The highest BCUT2D eigenvalue weighted by Gasteiger charge is 2.28. The number of fused-ring (bicyclic) bond motifs is 1. The number of nitrogen functional groups attached to an aromatic ring is 1. The third kappa shape index (κ3) is 1.88. The molecule has 0 amide bonds. The van der Waals surface area contributed by atoms with Crippen molar-refractivity contribution in [2.75, 3.05) is 18.6 Å². The van der Waals surface area contributed by atoms with Crippen molar-refractivity contribution >= 4 is 17.7 Å². The molecule has 5 nitrogen and oxygen atoms in total. The standard InChI is InChI=1S/C12H12N4OS/c1-18-12-15-10(14-11(13)16-12)8-6-17-9-5-3-2-4-7(8)9/h2-5,8H,6H2,1H3,(H2,13,14,15,16). The van der Waals surface area contributed by atoms with Gasteiger partial charge in [0.05, 0.1) is 5.92 Å². The molecule has 92 valence electrons. The van der Waals surface area contributed by atoms with E-state index in [1.165, 1.54) is 11.8 Å². The summed E-state index contributed by atoms with van der Waals surface area (Å²) >= 11 is 1.45. The first kappa shape index (κ1) is 11.3. The van der Waals surface area contributed by atoms with Gasteiger partial charge in [-0.05, 0) is 12.3 Å². The van der Waals surface area contributed by atoms with Crippen LogP contribution < -0.4 is 10.5 Å². The number of thioether (sulfide) groups is 1. The zero-order valence-corrected chi connectivity index (χ0v) is 10.6. The van der Waals surface area contributed by atoms with Crippen LogP contribution in [0.25, 0.3) is 0 Å². The zero-order valence-electron chi connectivity index (χ0n) is 9.83. The molecule has 2 N–H and O–H groups in total. The van der Waals surface area contributed by atoms with E-state index in [9.17, 15) is 0 Å². The van der Waals surface area contributed by atoms with Crippen molar-refractivity contribution < 1.29 is 4.74 Å². The minimum Gasteiger partial charge on any atom is -0.492 e. The van der Waals surface area contributed by atoms with Crippen molar-refractivity contribution in [2.24, 2.45) is 0 Å². The first-order valence-electron chi connectivity index (χ1n) is 5.55. The van der Waals surface area contributed by atoms with Gasteiger partial charge in [-0.1, -0.05) is 30.0 Å². The van der Waals surface area contributed by atoms with Crippen LogP contribution in [0.3, 0.4) is 0 Å². The average Bonchev–Trinajstić information content (AvgIpc) is 2.81. The van der Waals surface area contributed by atoms with Crippen LogP contribution >= 0.6 is 11.8 Å². The number of aromatic nitrogens is 3. The van der Waals surface area contributed by atoms with E-state index in [4.69, 9.17) is 10.5 Å². The van der Waals surface area contributed by atoms with Gasteiger partial charge in [0.1, 0.15) is 18.2 Å². The summed E-state index contributed by atoms with van der Waals surface area (Å²) in [5, 5.41) is 0.641. The number of hydrogen-bond acceptors (Lipinski definition) is 6. The SMILES string of the molecule is CSc1nc(N)nc(C2COc3ccccc32)n1. The van der Waals surface area contributed by atoms with Gasteiger partial charge < -0.3 is 10.5 Å². The Hall–Kier alpha value is -1.82. The van der Waals surface area contributed by atoms with E-state index < -0.39 is 0 Å². The van der Waals surface area contributed by atoms with Crippen molar-refractivity contribution in [1.82, 2.24) is 15.0 Å². The third-order valence-electron chi connectivity index (χ3n) is 2.84. The number of ether oxygens (including phenoxy) is 1. The van der Waals surface area contributed by atoms with Crippen molar-refractivity contribution in [3.05, 3.63) is 35.7 Å². The topological polar surface area (TPSA) is 73.9 Å². The van der Waals surface area contributed by atoms with E-state index in [2.05, 4.69) is 15.0 Å². The molecule has 0 spiro atoms. The van der Waals surface area contributed by atoms with Gasteiger partial charge in [-0.3, -0.25) is 0 Å². The van der Waals surface area contributed by atoms with Crippen LogP contribution in [-0.2, 0) is 0 Å². The summed E-state index contributed by atoms with van der Waals surface area (Å²) in [7, 11) is 0. The van der Waals surface area contributed by atoms with Gasteiger partial charge in [-0.25, -0.2) is 4.98 Å². The Morgan fingerprint density at radius 1 is 1.28 bits per heavy atom. The predicted octanol–water partition coefficient (Wildman–Crippen LogP) is 1.70. The molecule has 1 aromatic carbocycles. The summed E-state index contributed by atoms with van der Waals surface area (Å²) in [6.45, 7) is 0.552. The van der Waals surface area contributed by atoms with Gasteiger partial charge in [-0.2, -0.15) is 9.97 Å². The number of hydrogen-bond donors (Lipinski definition) is 1. The molecule has 0 fully saturated rings. The maximum Gasteiger partial charge on any atom is 0.224 e. The monoisotopic (exact) mass is 260 g/mol. The first-order valence-corrected chi connectivity index (χ1v) is 6.77. The van der Waals surface area contributed by atoms with Crippen LogP contribution in [0, 0.1) is 0 Å². The van der Waals surface area contributed by atoms with Crippen LogP contribution in [0.2, 0.25) is 0 Å². The largest absolute Gasteiger partial charge is 0.492 e. The van der Waals surface area contributed by atoms with Gasteiger partial charge in [0, 0.05) is 5.56 Å². The number of para-hydroxylation sites is 1. The molecule has 0 radical (unpaired) electrons. The molecular formula is C12H12N4OS. The van der Waals surface area contributed by atoms with Crippen molar-refractivity contribution in [3.63, 3.8) is 0 Å². The van der Waals surface area contributed by atoms with Crippen LogP contribution in [-0.4, -0.2) is 27.8 Å². The van der Waals surface area contributed by atoms with E-state index in [-0.39, 0.29) is 11.9 Å². The molecule has 1 aliphatic heterocycles. The number of nitrogens with two attached hydrogens (primary N) is 1. The summed E-state index contributed by atoms with van der Waals surface area (Å²) < 4.78 is 5.63. The Kier molecular flexibility index (Phi) is 2.79. The molecule has 3 rings (SSSR count). The highest BCUT2D eigenvalue weighted by Crippen LogP contribution is 2.36. The van der Waals surface area contributed by atoms with Crippen molar-refractivity contribution in [1.29, 1.82) is 0 Å². The lowest BCUT2D eigenvalue weighted by Crippen LogP contribution is -2.11. The molecule has 0 bridgehead atoms. The summed E-state index contributed by atoms with van der Waals surface area (Å²) in [4.78, 5) is 12.7. The minimum absolute atomic E-state index is 0.0393. The molecule has 1 aliphatic rings. The fraction of sp³-hybridized carbons (Fsp3) is 0.250. The van der Waals surface area contributed by atoms with Crippen LogP contribution in [0.15, 0.2) is 29.4 Å². The Morgan fingerprint density at radius 3 is 2.94 bits per heavy atom. The van der Waals surface area contributed by atoms with Crippen LogP contribution in [0.4, 0.5) is 5.95 Å². The minimum atomic E-state index is 0.0393. The second-order valence-electron chi connectivity index (χ2n) is 3.94. The van der Waals surface area contributed by atoms with Gasteiger partial charge in [-0.15, -0.1) is 0 Å². The lowest BCUT2D eigenvalue weighted by atomic mass is 10.0. The lowest BCUT2D eigenvalue weighted by molar-refractivity contribution is 0.339. The van der Waals surface area contributed by atoms with E-state index in [1.54, 1.807) is 0 Å². The Balaban J connectivity index is 2.04. The van der Waals surface area contributed by atoms with Gasteiger partial charge >= 0.3 is 0 Å². The predicted molar refractivity (Wildman–Crippen MR) is 69.8 cm³/mol. The van der Waals surface area contributed by atoms with E-state index >= 15 is 0 Å². The average molecular weight is 260 g/mol. The van der Waals surface area contributed by atoms with E-state index in [0.29, 0.717) is 17.6 Å². The summed E-state index contributed by atoms with van der Waals surface area (Å²) in [5.41, 5.74) is 6.81. The highest BCUT2D eigenvalue weighted by atomic mass is 32.2. The number of benzene rings is 1. The number of anilines is 1. The molecule has 0 aliphatic carbocycles.